The van der Waals surface area contributed by atoms with Crippen molar-refractivity contribution in [2.75, 3.05) is 33.2 Å². The molecule has 6 heteroatoms. The maximum atomic E-state index is 12.4. The Bertz CT molecular complexity index is 711. The van der Waals surface area contributed by atoms with Crippen LogP contribution in [0.3, 0.4) is 0 Å². The molecule has 1 aliphatic rings. The van der Waals surface area contributed by atoms with Crippen molar-refractivity contribution in [1.29, 1.82) is 0 Å². The molecule has 0 unspecified atom stereocenters. The zero-order valence-electron chi connectivity index (χ0n) is 15.5. The standard InChI is InChI=1S/C19H29N5O/c1-15(2)12-23-9-7-16(13-23)10-21-19(25)22(3)14-17-11-20-18-6-4-5-8-24(17)18/h4-6,8,11,15-16H,7,9-10,12-14H2,1-3H3,(H,21,25)/t16-/m0/s1. The van der Waals surface area contributed by atoms with Gasteiger partial charge in [0.1, 0.15) is 5.65 Å². The summed E-state index contributed by atoms with van der Waals surface area (Å²) in [5.41, 5.74) is 1.92. The zero-order chi connectivity index (χ0) is 17.8. The van der Waals surface area contributed by atoms with Gasteiger partial charge in [0.25, 0.3) is 0 Å². The molecule has 3 rings (SSSR count). The van der Waals surface area contributed by atoms with E-state index in [1.807, 2.05) is 42.0 Å². The van der Waals surface area contributed by atoms with E-state index in [9.17, 15) is 4.79 Å². The summed E-state index contributed by atoms with van der Waals surface area (Å²) in [6.07, 6.45) is 4.98. The minimum atomic E-state index is -0.0202. The Morgan fingerprint density at radius 3 is 3.08 bits per heavy atom. The summed E-state index contributed by atoms with van der Waals surface area (Å²) < 4.78 is 2.02. The van der Waals surface area contributed by atoms with Gasteiger partial charge in [0.2, 0.25) is 0 Å². The smallest absolute Gasteiger partial charge is 0.317 e. The molecule has 1 N–H and O–H groups in total. The van der Waals surface area contributed by atoms with Gasteiger partial charge in [0.05, 0.1) is 18.4 Å². The molecule has 1 aliphatic heterocycles. The van der Waals surface area contributed by atoms with E-state index >= 15 is 0 Å². The topological polar surface area (TPSA) is 52.9 Å². The number of nitrogens with zero attached hydrogens (tertiary/aromatic N) is 4. The Kier molecular flexibility index (Phi) is 5.58. The number of rotatable bonds is 6. The van der Waals surface area contributed by atoms with Crippen molar-refractivity contribution in [3.05, 3.63) is 36.3 Å². The molecule has 136 valence electrons. The fourth-order valence-electron chi connectivity index (χ4n) is 3.55. The van der Waals surface area contributed by atoms with Gasteiger partial charge < -0.3 is 19.5 Å². The molecule has 2 aromatic rings. The van der Waals surface area contributed by atoms with Crippen LogP contribution >= 0.6 is 0 Å². The van der Waals surface area contributed by atoms with E-state index < -0.39 is 0 Å². The first-order valence-corrected chi connectivity index (χ1v) is 9.15. The summed E-state index contributed by atoms with van der Waals surface area (Å²) in [6, 6.07) is 5.88. The van der Waals surface area contributed by atoms with Gasteiger partial charge in [-0.3, -0.25) is 0 Å². The molecular weight excluding hydrogens is 314 g/mol. The molecule has 0 saturated carbocycles. The molecule has 3 heterocycles. The highest BCUT2D eigenvalue weighted by atomic mass is 16.2. The number of hydrogen-bond acceptors (Lipinski definition) is 3. The molecule has 2 amide bonds. The van der Waals surface area contributed by atoms with Gasteiger partial charge in [-0.1, -0.05) is 19.9 Å². The van der Waals surface area contributed by atoms with Gasteiger partial charge in [0.15, 0.2) is 0 Å². The number of pyridine rings is 1. The number of likely N-dealkylation sites (tertiary alicyclic amines) is 1. The number of hydrogen-bond donors (Lipinski definition) is 1. The molecule has 0 aliphatic carbocycles. The molecule has 0 aromatic carbocycles. The van der Waals surface area contributed by atoms with Gasteiger partial charge in [0, 0.05) is 32.9 Å². The molecule has 1 fully saturated rings. The van der Waals surface area contributed by atoms with Gasteiger partial charge in [-0.2, -0.15) is 0 Å². The first kappa shape index (κ1) is 17.7. The predicted molar refractivity (Wildman–Crippen MR) is 99.4 cm³/mol. The summed E-state index contributed by atoms with van der Waals surface area (Å²) >= 11 is 0. The third-order valence-electron chi connectivity index (χ3n) is 4.77. The normalized spacial score (nSPS) is 18.2. The average molecular weight is 343 g/mol. The number of nitrogens with one attached hydrogen (secondary N) is 1. The van der Waals surface area contributed by atoms with Crippen LogP contribution in [0.2, 0.25) is 0 Å². The second kappa shape index (κ2) is 7.87. The lowest BCUT2D eigenvalue weighted by atomic mass is 10.1. The van der Waals surface area contributed by atoms with Crippen LogP contribution in [0.1, 0.15) is 26.0 Å². The summed E-state index contributed by atoms with van der Waals surface area (Å²) in [6.45, 7) is 9.20. The first-order valence-electron chi connectivity index (χ1n) is 9.15. The minimum Gasteiger partial charge on any atom is -0.338 e. The molecule has 2 aromatic heterocycles. The van der Waals surface area contributed by atoms with Gasteiger partial charge >= 0.3 is 6.03 Å². The first-order chi connectivity index (χ1) is 12.0. The van der Waals surface area contributed by atoms with Crippen molar-refractivity contribution in [3.8, 4) is 0 Å². The average Bonchev–Trinajstić information content (AvgIpc) is 3.19. The number of carbonyl (C=O) groups excluding carboxylic acids is 1. The molecule has 0 spiro atoms. The molecule has 6 nitrogen and oxygen atoms in total. The van der Waals surface area contributed by atoms with Crippen molar-refractivity contribution < 1.29 is 4.79 Å². The summed E-state index contributed by atoms with van der Waals surface area (Å²) in [7, 11) is 1.83. The van der Waals surface area contributed by atoms with Crippen LogP contribution in [0.15, 0.2) is 30.6 Å². The van der Waals surface area contributed by atoms with Gasteiger partial charge in [-0.15, -0.1) is 0 Å². The number of aromatic nitrogens is 2. The summed E-state index contributed by atoms with van der Waals surface area (Å²) in [5.74, 6) is 1.26. The van der Waals surface area contributed by atoms with E-state index in [0.29, 0.717) is 18.4 Å². The lowest BCUT2D eigenvalue weighted by molar-refractivity contribution is 0.204. The number of fused-ring (bicyclic) bond motifs is 1. The minimum absolute atomic E-state index is 0.0202. The van der Waals surface area contributed by atoms with E-state index in [2.05, 4.69) is 29.0 Å². The van der Waals surface area contributed by atoms with Crippen LogP contribution < -0.4 is 5.32 Å². The van der Waals surface area contributed by atoms with Crippen LogP contribution in [-0.4, -0.2) is 58.4 Å². The Morgan fingerprint density at radius 1 is 1.44 bits per heavy atom. The van der Waals surface area contributed by atoms with Crippen LogP contribution in [-0.2, 0) is 6.54 Å². The second-order valence-electron chi connectivity index (χ2n) is 7.53. The maximum absolute atomic E-state index is 12.4. The second-order valence-corrected chi connectivity index (χ2v) is 7.53. The Labute approximate surface area is 149 Å². The Hall–Kier alpha value is -2.08. The number of amides is 2. The number of imidazole rings is 1. The maximum Gasteiger partial charge on any atom is 0.317 e. The lowest BCUT2D eigenvalue weighted by Crippen LogP contribution is -2.40. The quantitative estimate of drug-likeness (QED) is 0.876. The Morgan fingerprint density at radius 2 is 2.28 bits per heavy atom. The Balaban J connectivity index is 1.47. The largest absolute Gasteiger partial charge is 0.338 e. The van der Waals surface area contributed by atoms with Crippen molar-refractivity contribution in [1.82, 2.24) is 24.5 Å². The van der Waals surface area contributed by atoms with Crippen molar-refractivity contribution in [2.45, 2.75) is 26.8 Å². The number of carbonyl (C=O) groups is 1. The highest BCUT2D eigenvalue weighted by molar-refractivity contribution is 5.73. The van der Waals surface area contributed by atoms with Crippen LogP contribution in [0.5, 0.6) is 0 Å². The van der Waals surface area contributed by atoms with Crippen LogP contribution in [0, 0.1) is 11.8 Å². The SMILES string of the molecule is CC(C)CN1CC[C@@H](CNC(=O)N(C)Cc2cnc3ccccn23)C1. The lowest BCUT2D eigenvalue weighted by Gasteiger charge is -2.20. The molecule has 0 radical (unpaired) electrons. The molecule has 25 heavy (non-hydrogen) atoms. The van der Waals surface area contributed by atoms with Crippen molar-refractivity contribution in [3.63, 3.8) is 0 Å². The zero-order valence-corrected chi connectivity index (χ0v) is 15.5. The number of urea groups is 1. The van der Waals surface area contributed by atoms with Gasteiger partial charge in [-0.25, -0.2) is 9.78 Å². The van der Waals surface area contributed by atoms with Gasteiger partial charge in [-0.05, 0) is 36.9 Å². The predicted octanol–water partition coefficient (Wildman–Crippen LogP) is 2.45. The fourth-order valence-corrected chi connectivity index (χ4v) is 3.55. The molecule has 1 saturated heterocycles. The van der Waals surface area contributed by atoms with Crippen molar-refractivity contribution >= 4 is 11.7 Å². The van der Waals surface area contributed by atoms with Crippen LogP contribution in [0.25, 0.3) is 5.65 Å². The van der Waals surface area contributed by atoms with E-state index in [4.69, 9.17) is 0 Å². The van der Waals surface area contributed by atoms with Crippen LogP contribution in [0.4, 0.5) is 4.79 Å². The van der Waals surface area contributed by atoms with Crippen molar-refractivity contribution in [2.24, 2.45) is 11.8 Å². The summed E-state index contributed by atoms with van der Waals surface area (Å²) in [4.78, 5) is 21.0. The molecular formula is C19H29N5O. The van der Waals surface area contributed by atoms with E-state index in [-0.39, 0.29) is 6.03 Å². The van der Waals surface area contributed by atoms with E-state index in [0.717, 1.165) is 37.5 Å². The fraction of sp³-hybridized carbons (Fsp3) is 0.579. The summed E-state index contributed by atoms with van der Waals surface area (Å²) in [5, 5.41) is 3.09. The highest BCUT2D eigenvalue weighted by Gasteiger charge is 2.23. The molecule has 0 bridgehead atoms. The van der Waals surface area contributed by atoms with E-state index in [1.165, 1.54) is 6.42 Å². The monoisotopic (exact) mass is 343 g/mol. The molecule has 1 atom stereocenters. The third kappa shape index (κ3) is 4.51. The highest BCUT2D eigenvalue weighted by Crippen LogP contribution is 2.16. The van der Waals surface area contributed by atoms with E-state index in [1.54, 1.807) is 4.90 Å². The third-order valence-corrected chi connectivity index (χ3v) is 4.77.